The Bertz CT molecular complexity index is 1660. The van der Waals surface area contributed by atoms with E-state index in [2.05, 4.69) is 42.4 Å². The van der Waals surface area contributed by atoms with E-state index < -0.39 is 17.0 Å². The normalized spacial score (nSPS) is 12.9. The highest BCUT2D eigenvalue weighted by atomic mass is 127. The first kappa shape index (κ1) is 25.3. The summed E-state index contributed by atoms with van der Waals surface area (Å²) in [4.78, 5) is 15.0. The highest BCUT2D eigenvalue weighted by Gasteiger charge is 2.35. The van der Waals surface area contributed by atoms with Crippen LogP contribution in [0.5, 0.6) is 11.5 Å². The quantitative estimate of drug-likeness (QED) is 0.109. The van der Waals surface area contributed by atoms with Gasteiger partial charge in [-0.15, -0.1) is 11.8 Å². The van der Waals surface area contributed by atoms with Crippen LogP contribution in [0.2, 0.25) is 0 Å². The van der Waals surface area contributed by atoms with Crippen molar-refractivity contribution >= 4 is 45.3 Å². The number of ether oxygens (including phenoxy) is 1. The van der Waals surface area contributed by atoms with E-state index in [1.54, 1.807) is 12.4 Å². The van der Waals surface area contributed by atoms with Gasteiger partial charge in [-0.1, -0.05) is 12.1 Å². The van der Waals surface area contributed by atoms with Crippen LogP contribution >= 0.6 is 34.4 Å². The summed E-state index contributed by atoms with van der Waals surface area (Å²) in [5.41, 5.74) is 1.85. The molecule has 0 aliphatic rings. The van der Waals surface area contributed by atoms with Crippen molar-refractivity contribution in [2.75, 3.05) is 12.8 Å². The van der Waals surface area contributed by atoms with E-state index in [1.165, 1.54) is 36.0 Å². The van der Waals surface area contributed by atoms with Crippen LogP contribution in [0.4, 0.5) is 8.78 Å². The molecule has 37 heavy (non-hydrogen) atoms. The molecule has 0 spiro atoms. The Labute approximate surface area is 230 Å². The van der Waals surface area contributed by atoms with Crippen molar-refractivity contribution in [1.82, 2.24) is 15.0 Å². The molecule has 0 saturated carbocycles. The number of hydrogen-bond acceptors (Lipinski definition) is 3. The molecule has 0 fully saturated rings. The Hall–Kier alpha value is -3.36. The van der Waals surface area contributed by atoms with Gasteiger partial charge in [0.05, 0.1) is 16.2 Å². The van der Waals surface area contributed by atoms with Crippen molar-refractivity contribution in [3.05, 3.63) is 105 Å². The smallest absolute Gasteiger partial charge is 0.229 e. The molecule has 3 aromatic carbocycles. The van der Waals surface area contributed by atoms with Gasteiger partial charge in [-0.05, 0) is 77.7 Å². The number of H-pyrrole nitrogens is 2. The molecule has 5 rings (SSSR count). The molecule has 0 saturated heterocycles. The molecule has 0 aliphatic carbocycles. The van der Waals surface area contributed by atoms with Crippen molar-refractivity contribution < 1.29 is 13.5 Å². The van der Waals surface area contributed by atoms with Gasteiger partial charge in [0.2, 0.25) is 6.54 Å². The average Bonchev–Trinajstić information content (AvgIpc) is 3.56. The van der Waals surface area contributed by atoms with E-state index in [0.717, 1.165) is 14.5 Å². The molecule has 2 N–H and O–H groups in total. The summed E-state index contributed by atoms with van der Waals surface area (Å²) in [5, 5.41) is 0.844. The third-order valence-electron chi connectivity index (χ3n) is 6.36. The number of nitrogens with one attached hydrogen (secondary N) is 2. The largest absolute Gasteiger partial charge is 0.453 e. The summed E-state index contributed by atoms with van der Waals surface area (Å²) in [6.07, 6.45) is 5.23. The van der Waals surface area contributed by atoms with Crippen molar-refractivity contribution in [3.63, 3.8) is 0 Å². The van der Waals surface area contributed by atoms with Gasteiger partial charge in [0.25, 0.3) is 0 Å². The number of halogens is 3. The molecule has 2 aromatic heterocycles. The van der Waals surface area contributed by atoms with Gasteiger partial charge in [0.15, 0.2) is 11.6 Å². The molecule has 0 bridgehead atoms. The van der Waals surface area contributed by atoms with Gasteiger partial charge in [0.1, 0.15) is 22.8 Å². The number of aromatic nitrogens is 3. The van der Waals surface area contributed by atoms with Crippen LogP contribution in [0.15, 0.2) is 71.9 Å². The first-order valence-corrected chi connectivity index (χ1v) is 13.6. The number of benzene rings is 3. The summed E-state index contributed by atoms with van der Waals surface area (Å²) < 4.78 is 36.9. The van der Waals surface area contributed by atoms with Gasteiger partial charge >= 0.3 is 0 Å². The molecule has 0 amide bonds. The maximum atomic E-state index is 15.0. The van der Waals surface area contributed by atoms with Gasteiger partial charge in [-0.2, -0.15) is 0 Å². The Morgan fingerprint density at radius 3 is 2.73 bits per heavy atom. The Morgan fingerprint density at radius 2 is 1.97 bits per heavy atom. The van der Waals surface area contributed by atoms with E-state index in [0.29, 0.717) is 21.9 Å². The molecule has 186 valence electrons. The fourth-order valence-corrected chi connectivity index (χ4v) is 5.61. The summed E-state index contributed by atoms with van der Waals surface area (Å²) >= 11 is 3.61. The first-order valence-electron chi connectivity index (χ1n) is 11.3. The average molecular weight is 626 g/mol. The fourth-order valence-electron chi connectivity index (χ4n) is 4.35. The Balaban J connectivity index is 1.53. The van der Waals surface area contributed by atoms with Crippen LogP contribution in [0.25, 0.3) is 27.1 Å². The second-order valence-corrected chi connectivity index (χ2v) is 10.8. The fraction of sp³-hybridized carbons (Fsp3) is 0.143. The van der Waals surface area contributed by atoms with Gasteiger partial charge < -0.3 is 19.5 Å². The second-order valence-electron chi connectivity index (χ2n) is 8.71. The van der Waals surface area contributed by atoms with Gasteiger partial charge in [-0.25, -0.2) is 20.3 Å². The van der Waals surface area contributed by atoms with E-state index >= 15 is 0 Å². The number of hydrogen-bond donors (Lipinski definition) is 2. The predicted octanol–water partition coefficient (Wildman–Crippen LogP) is 8.18. The van der Waals surface area contributed by atoms with Crippen molar-refractivity contribution in [3.8, 4) is 22.9 Å². The zero-order valence-electron chi connectivity index (χ0n) is 19.9. The summed E-state index contributed by atoms with van der Waals surface area (Å²) in [6, 6.07) is 15.4. The highest BCUT2D eigenvalue weighted by molar-refractivity contribution is 14.1. The van der Waals surface area contributed by atoms with Crippen LogP contribution in [0, 0.1) is 21.8 Å². The van der Waals surface area contributed by atoms with Crippen molar-refractivity contribution in [2.24, 2.45) is 0 Å². The Kier molecular flexibility index (Phi) is 6.96. The van der Waals surface area contributed by atoms with Crippen LogP contribution in [-0.4, -0.2) is 27.8 Å². The number of rotatable bonds is 7. The molecule has 0 radical (unpaired) electrons. The number of thioether (sulfide) groups is 1. The SMILES string of the molecule is [C-]#[N+]CC(C)(c1cccc(I)c1)c1cnc(-c2cc(Oc3c(F)cc4[nH]ccc4c3SC)ccc2F)[nH]1. The maximum absolute atomic E-state index is 15.0. The monoisotopic (exact) mass is 626 g/mol. The molecular formula is C28H21F2IN4OS. The lowest BCUT2D eigenvalue weighted by molar-refractivity contribution is 0.432. The Morgan fingerprint density at radius 1 is 1.14 bits per heavy atom. The van der Waals surface area contributed by atoms with Crippen molar-refractivity contribution in [2.45, 2.75) is 17.2 Å². The second kappa shape index (κ2) is 10.2. The minimum absolute atomic E-state index is 0.0839. The third-order valence-corrected chi connectivity index (χ3v) is 7.85. The molecule has 5 nitrogen and oxygen atoms in total. The molecule has 9 heteroatoms. The minimum Gasteiger partial charge on any atom is -0.453 e. The first-order chi connectivity index (χ1) is 17.8. The van der Waals surface area contributed by atoms with E-state index in [9.17, 15) is 8.78 Å². The molecule has 2 heterocycles. The van der Waals surface area contributed by atoms with Crippen LogP contribution in [-0.2, 0) is 5.41 Å². The standard InChI is InChI=1S/C28H21F2IN4OS/c1-28(15-32-2,16-5-4-6-17(31)11-16)24-14-34-27(35-24)20-12-18(7-8-21(20)29)36-25-22(30)13-23-19(9-10-33-23)26(25)37-3/h4-14,33H,15H2,1,3H3,(H,34,35). The van der Waals surface area contributed by atoms with E-state index in [4.69, 9.17) is 11.3 Å². The number of aromatic amines is 2. The van der Waals surface area contributed by atoms with Crippen LogP contribution < -0.4 is 4.74 Å². The third kappa shape index (κ3) is 4.71. The topological polar surface area (TPSA) is 58.1 Å². The lowest BCUT2D eigenvalue weighted by atomic mass is 9.80. The summed E-state index contributed by atoms with van der Waals surface area (Å²) in [7, 11) is 0. The maximum Gasteiger partial charge on any atom is 0.229 e. The summed E-state index contributed by atoms with van der Waals surface area (Å²) in [6.45, 7) is 9.68. The lowest BCUT2D eigenvalue weighted by Gasteiger charge is -2.23. The molecule has 5 aromatic rings. The van der Waals surface area contributed by atoms with Crippen LogP contribution in [0.1, 0.15) is 18.2 Å². The molecule has 1 unspecified atom stereocenters. The highest BCUT2D eigenvalue weighted by Crippen LogP contribution is 2.41. The van der Waals surface area contributed by atoms with E-state index in [-0.39, 0.29) is 23.6 Å². The van der Waals surface area contributed by atoms with Gasteiger partial charge in [0, 0.05) is 32.9 Å². The summed E-state index contributed by atoms with van der Waals surface area (Å²) in [5.74, 6) is -0.356. The number of nitrogens with zero attached hydrogens (tertiary/aromatic N) is 2. The number of fused-ring (bicyclic) bond motifs is 1. The van der Waals surface area contributed by atoms with E-state index in [1.807, 2.05) is 43.5 Å². The zero-order chi connectivity index (χ0) is 26.2. The molecule has 1 atom stereocenters. The number of imidazole rings is 1. The van der Waals surface area contributed by atoms with Gasteiger partial charge in [-0.3, -0.25) is 0 Å². The minimum atomic E-state index is -0.666. The predicted molar refractivity (Wildman–Crippen MR) is 151 cm³/mol. The van der Waals surface area contributed by atoms with Crippen LogP contribution in [0.3, 0.4) is 0 Å². The zero-order valence-corrected chi connectivity index (χ0v) is 22.9. The molecular weight excluding hydrogens is 605 g/mol. The molecule has 0 aliphatic heterocycles. The lowest BCUT2D eigenvalue weighted by Crippen LogP contribution is -2.27. The van der Waals surface area contributed by atoms with Crippen molar-refractivity contribution in [1.29, 1.82) is 0 Å².